The number of benzene rings is 2. The Balaban J connectivity index is 1.60. The predicted molar refractivity (Wildman–Crippen MR) is 131 cm³/mol. The number of carboxylic acids is 1. The summed E-state index contributed by atoms with van der Waals surface area (Å²) in [6, 6.07) is 15.3. The number of alkyl carbamates (subject to hydrolysis) is 1. The summed E-state index contributed by atoms with van der Waals surface area (Å²) in [6.07, 6.45) is 0.768. The van der Waals surface area contributed by atoms with Gasteiger partial charge in [-0.3, -0.25) is 9.59 Å². The van der Waals surface area contributed by atoms with Gasteiger partial charge in [0.05, 0.1) is 12.5 Å². The number of ether oxygens (including phenoxy) is 2. The van der Waals surface area contributed by atoms with Crippen LogP contribution < -0.4 is 10.6 Å². The molecule has 2 atom stereocenters. The quantitative estimate of drug-likeness (QED) is 0.422. The van der Waals surface area contributed by atoms with Gasteiger partial charge in [-0.25, -0.2) is 4.79 Å². The topological polar surface area (TPSA) is 114 Å². The highest BCUT2D eigenvalue weighted by Crippen LogP contribution is 2.44. The lowest BCUT2D eigenvalue weighted by molar-refractivity contribution is -0.140. The van der Waals surface area contributed by atoms with Gasteiger partial charge >= 0.3 is 12.1 Å². The van der Waals surface area contributed by atoms with Gasteiger partial charge in [0.2, 0.25) is 5.91 Å². The van der Waals surface area contributed by atoms with Gasteiger partial charge in [0.15, 0.2) is 0 Å². The van der Waals surface area contributed by atoms with E-state index in [1.807, 2.05) is 42.7 Å². The van der Waals surface area contributed by atoms with Crippen LogP contribution in [0.1, 0.15) is 29.9 Å². The molecule has 2 amide bonds. The molecule has 182 valence electrons. The number of carbonyl (C=O) groups excluding carboxylic acids is 2. The molecule has 3 N–H and O–H groups in total. The monoisotopic (exact) mass is 486 g/mol. The second kappa shape index (κ2) is 12.4. The molecule has 0 aliphatic heterocycles. The van der Waals surface area contributed by atoms with E-state index in [1.165, 1.54) is 7.11 Å². The third kappa shape index (κ3) is 6.51. The van der Waals surface area contributed by atoms with Crippen LogP contribution in [-0.4, -0.2) is 67.5 Å². The second-order valence-corrected chi connectivity index (χ2v) is 8.99. The fourth-order valence-electron chi connectivity index (χ4n) is 4.06. The van der Waals surface area contributed by atoms with E-state index >= 15 is 0 Å². The van der Waals surface area contributed by atoms with Crippen molar-refractivity contribution in [1.82, 2.24) is 10.6 Å². The van der Waals surface area contributed by atoms with E-state index in [1.54, 1.807) is 11.8 Å². The first-order valence-corrected chi connectivity index (χ1v) is 12.5. The molecular formula is C25H30N2O6S. The molecule has 0 heterocycles. The first-order chi connectivity index (χ1) is 16.4. The number of carboxylic acid groups (broad SMARTS) is 1. The molecule has 1 unspecified atom stereocenters. The van der Waals surface area contributed by atoms with Crippen LogP contribution in [0, 0.1) is 0 Å². The molecule has 3 rings (SSSR count). The minimum absolute atomic E-state index is 0.0315. The fourth-order valence-corrected chi connectivity index (χ4v) is 4.53. The van der Waals surface area contributed by atoms with E-state index in [4.69, 9.17) is 14.6 Å². The number of carbonyl (C=O) groups is 3. The Morgan fingerprint density at radius 3 is 2.24 bits per heavy atom. The van der Waals surface area contributed by atoms with Crippen LogP contribution in [0.15, 0.2) is 48.5 Å². The van der Waals surface area contributed by atoms with Crippen molar-refractivity contribution < 1.29 is 29.0 Å². The Hall–Kier alpha value is -3.04. The van der Waals surface area contributed by atoms with Crippen molar-refractivity contribution in [3.8, 4) is 11.1 Å². The summed E-state index contributed by atoms with van der Waals surface area (Å²) in [5.41, 5.74) is 4.49. The van der Waals surface area contributed by atoms with Gasteiger partial charge < -0.3 is 25.2 Å². The molecule has 2 aromatic rings. The average Bonchev–Trinajstić information content (AvgIpc) is 3.16. The molecule has 0 radical (unpaired) electrons. The number of aliphatic carboxylic acids is 1. The van der Waals surface area contributed by atoms with Crippen LogP contribution in [0.3, 0.4) is 0 Å². The minimum Gasteiger partial charge on any atom is -0.481 e. The first kappa shape index (κ1) is 25.6. The molecule has 0 aromatic heterocycles. The molecule has 2 aromatic carbocycles. The highest BCUT2D eigenvalue weighted by molar-refractivity contribution is 7.98. The van der Waals surface area contributed by atoms with E-state index < -0.39 is 30.1 Å². The SMILES string of the molecule is COC(CNC(=O)[C@@H](CCSC)NC(=O)OCC1c2ccccc2-c2ccccc21)CC(=O)O. The van der Waals surface area contributed by atoms with E-state index in [2.05, 4.69) is 22.8 Å². The van der Waals surface area contributed by atoms with E-state index in [0.29, 0.717) is 12.2 Å². The van der Waals surface area contributed by atoms with Crippen LogP contribution in [-0.2, 0) is 19.1 Å². The van der Waals surface area contributed by atoms with Gasteiger partial charge in [0.25, 0.3) is 0 Å². The first-order valence-electron chi connectivity index (χ1n) is 11.1. The van der Waals surface area contributed by atoms with Gasteiger partial charge in [-0.2, -0.15) is 11.8 Å². The maximum absolute atomic E-state index is 12.7. The lowest BCUT2D eigenvalue weighted by Crippen LogP contribution is -2.49. The largest absolute Gasteiger partial charge is 0.481 e. The smallest absolute Gasteiger partial charge is 0.407 e. The summed E-state index contributed by atoms with van der Waals surface area (Å²) in [4.78, 5) is 36.2. The van der Waals surface area contributed by atoms with Gasteiger partial charge in [-0.1, -0.05) is 48.5 Å². The maximum Gasteiger partial charge on any atom is 0.407 e. The Kier molecular flexibility index (Phi) is 9.35. The van der Waals surface area contributed by atoms with Gasteiger partial charge in [0, 0.05) is 19.6 Å². The normalized spacial score (nSPS) is 13.9. The Morgan fingerprint density at radius 2 is 1.68 bits per heavy atom. The molecule has 8 nitrogen and oxygen atoms in total. The van der Waals surface area contributed by atoms with Crippen LogP contribution >= 0.6 is 11.8 Å². The summed E-state index contributed by atoms with van der Waals surface area (Å²) in [5.74, 6) is -0.841. The van der Waals surface area contributed by atoms with Crippen molar-refractivity contribution in [1.29, 1.82) is 0 Å². The molecule has 1 aliphatic rings. The van der Waals surface area contributed by atoms with Crippen LogP contribution in [0.25, 0.3) is 11.1 Å². The number of fused-ring (bicyclic) bond motifs is 3. The molecule has 0 fully saturated rings. The number of methoxy groups -OCH3 is 1. The summed E-state index contributed by atoms with van der Waals surface area (Å²) in [6.45, 7) is 0.185. The van der Waals surface area contributed by atoms with Crippen molar-refractivity contribution in [2.45, 2.75) is 30.9 Å². The Bertz CT molecular complexity index is 969. The van der Waals surface area contributed by atoms with Crippen molar-refractivity contribution in [2.75, 3.05) is 32.3 Å². The number of hydrogen-bond donors (Lipinski definition) is 3. The van der Waals surface area contributed by atoms with Crippen molar-refractivity contribution in [3.05, 3.63) is 59.7 Å². The third-order valence-electron chi connectivity index (χ3n) is 5.80. The lowest BCUT2D eigenvalue weighted by Gasteiger charge is -2.21. The molecule has 1 aliphatic carbocycles. The van der Waals surface area contributed by atoms with Gasteiger partial charge in [-0.15, -0.1) is 0 Å². The van der Waals surface area contributed by atoms with Crippen LogP contribution in [0.5, 0.6) is 0 Å². The molecule has 0 saturated heterocycles. The zero-order chi connectivity index (χ0) is 24.5. The molecule has 9 heteroatoms. The molecule has 34 heavy (non-hydrogen) atoms. The maximum atomic E-state index is 12.7. The van der Waals surface area contributed by atoms with Crippen molar-refractivity contribution in [3.63, 3.8) is 0 Å². The number of hydrogen-bond acceptors (Lipinski definition) is 6. The zero-order valence-electron chi connectivity index (χ0n) is 19.3. The van der Waals surface area contributed by atoms with E-state index in [0.717, 1.165) is 22.3 Å². The molecule has 0 spiro atoms. The van der Waals surface area contributed by atoms with Crippen molar-refractivity contribution in [2.24, 2.45) is 0 Å². The number of thioether (sulfide) groups is 1. The minimum atomic E-state index is -1.02. The van der Waals surface area contributed by atoms with E-state index in [-0.39, 0.29) is 25.5 Å². The van der Waals surface area contributed by atoms with E-state index in [9.17, 15) is 14.4 Å². The average molecular weight is 487 g/mol. The van der Waals surface area contributed by atoms with Crippen molar-refractivity contribution >= 4 is 29.7 Å². The summed E-state index contributed by atoms with van der Waals surface area (Å²) in [5, 5.41) is 14.3. The number of amides is 2. The Morgan fingerprint density at radius 1 is 1.06 bits per heavy atom. The van der Waals surface area contributed by atoms with Gasteiger partial charge in [0.1, 0.15) is 12.6 Å². The summed E-state index contributed by atoms with van der Waals surface area (Å²) >= 11 is 1.56. The number of rotatable bonds is 12. The molecule has 0 saturated carbocycles. The standard InChI is InChI=1S/C25H30N2O6S/c1-32-16(13-23(28)29)14-26-24(30)22(11-12-34-2)27-25(31)33-15-21-19-9-5-3-7-17(19)18-8-4-6-10-20(18)21/h3-10,16,21-22H,11-15H2,1-2H3,(H,26,30)(H,27,31)(H,28,29)/t16?,22-/m1/s1. The lowest BCUT2D eigenvalue weighted by atomic mass is 9.98. The second-order valence-electron chi connectivity index (χ2n) is 8.00. The summed E-state index contributed by atoms with van der Waals surface area (Å²) in [7, 11) is 1.39. The molecule has 0 bridgehead atoms. The Labute approximate surface area is 203 Å². The third-order valence-corrected chi connectivity index (χ3v) is 6.45. The highest BCUT2D eigenvalue weighted by atomic mass is 32.2. The van der Waals surface area contributed by atoms with Crippen LogP contribution in [0.2, 0.25) is 0 Å². The van der Waals surface area contributed by atoms with Gasteiger partial charge in [-0.05, 0) is 40.7 Å². The summed E-state index contributed by atoms with van der Waals surface area (Å²) < 4.78 is 10.7. The highest BCUT2D eigenvalue weighted by Gasteiger charge is 2.30. The number of nitrogens with one attached hydrogen (secondary N) is 2. The zero-order valence-corrected chi connectivity index (χ0v) is 20.1. The fraction of sp³-hybridized carbons (Fsp3) is 0.400. The predicted octanol–water partition coefficient (Wildman–Crippen LogP) is 3.25. The molecular weight excluding hydrogens is 456 g/mol. The van der Waals surface area contributed by atoms with Crippen LogP contribution in [0.4, 0.5) is 4.79 Å².